The van der Waals surface area contributed by atoms with Gasteiger partial charge in [0.2, 0.25) is 5.91 Å². The van der Waals surface area contributed by atoms with Crippen LogP contribution in [0.5, 0.6) is 0 Å². The first kappa shape index (κ1) is 13.9. The molecule has 1 atom stereocenters. The van der Waals surface area contributed by atoms with Crippen molar-refractivity contribution in [3.63, 3.8) is 0 Å². The molecule has 2 rings (SSSR count). The Balaban J connectivity index is 2.03. The zero-order valence-corrected chi connectivity index (χ0v) is 12.3. The summed E-state index contributed by atoms with van der Waals surface area (Å²) in [6.45, 7) is 5.88. The van der Waals surface area contributed by atoms with E-state index in [0.717, 1.165) is 22.3 Å². The highest BCUT2D eigenvalue weighted by Crippen LogP contribution is 2.25. The van der Waals surface area contributed by atoms with E-state index < -0.39 is 0 Å². The average Bonchev–Trinajstić information content (AvgIpc) is 2.77. The van der Waals surface area contributed by atoms with Crippen molar-refractivity contribution >= 4 is 34.2 Å². The maximum atomic E-state index is 11.0. The van der Waals surface area contributed by atoms with Gasteiger partial charge in [-0.2, -0.15) is 0 Å². The standard InChI is InChI=1S/C14H19N3OS/c1-9(2)13-8-19-14(17-13)16-12-6-4-5-11(7-12)15-10(3)18/h4-7,9,13H,8H2,1-3H3,(H,15,18)(H,16,17)/t13-/m1/s1. The number of carbonyl (C=O) groups excluding carboxylic acids is 1. The summed E-state index contributed by atoms with van der Waals surface area (Å²) in [5.74, 6) is 1.54. The minimum atomic E-state index is -0.0652. The van der Waals surface area contributed by atoms with Crippen molar-refractivity contribution in [3.05, 3.63) is 24.3 Å². The normalized spacial score (nSPS) is 18.3. The molecule has 1 aliphatic heterocycles. The van der Waals surface area contributed by atoms with Crippen LogP contribution in [0.4, 0.5) is 11.4 Å². The highest BCUT2D eigenvalue weighted by Gasteiger charge is 2.21. The van der Waals surface area contributed by atoms with E-state index in [1.54, 1.807) is 11.8 Å². The molecule has 0 bridgehead atoms. The molecule has 19 heavy (non-hydrogen) atoms. The number of amidine groups is 1. The van der Waals surface area contributed by atoms with Crippen molar-refractivity contribution in [2.45, 2.75) is 26.8 Å². The fourth-order valence-corrected chi connectivity index (χ4v) is 2.99. The van der Waals surface area contributed by atoms with E-state index >= 15 is 0 Å². The Morgan fingerprint density at radius 2 is 2.16 bits per heavy atom. The monoisotopic (exact) mass is 277 g/mol. The minimum Gasteiger partial charge on any atom is -0.335 e. The van der Waals surface area contributed by atoms with Crippen LogP contribution in [-0.2, 0) is 4.79 Å². The summed E-state index contributed by atoms with van der Waals surface area (Å²) in [4.78, 5) is 15.7. The molecule has 0 saturated heterocycles. The molecule has 0 saturated carbocycles. The van der Waals surface area contributed by atoms with Crippen molar-refractivity contribution in [1.82, 2.24) is 0 Å². The lowest BCUT2D eigenvalue weighted by Gasteiger charge is -2.08. The predicted molar refractivity (Wildman–Crippen MR) is 82.9 cm³/mol. The first-order valence-electron chi connectivity index (χ1n) is 6.40. The molecule has 1 heterocycles. The Morgan fingerprint density at radius 1 is 1.42 bits per heavy atom. The molecule has 0 spiro atoms. The number of anilines is 2. The molecule has 2 N–H and O–H groups in total. The van der Waals surface area contributed by atoms with Crippen molar-refractivity contribution in [2.24, 2.45) is 10.9 Å². The van der Waals surface area contributed by atoms with Gasteiger partial charge in [-0.15, -0.1) is 0 Å². The van der Waals surface area contributed by atoms with Crippen LogP contribution in [0.2, 0.25) is 0 Å². The van der Waals surface area contributed by atoms with Crippen molar-refractivity contribution in [1.29, 1.82) is 0 Å². The Morgan fingerprint density at radius 3 is 2.79 bits per heavy atom. The molecule has 0 fully saturated rings. The second-order valence-electron chi connectivity index (χ2n) is 4.94. The van der Waals surface area contributed by atoms with Gasteiger partial charge in [0.1, 0.15) is 0 Å². The SMILES string of the molecule is CC(=O)Nc1cccc(NC2=N[C@@H](C(C)C)CS2)c1. The summed E-state index contributed by atoms with van der Waals surface area (Å²) < 4.78 is 0. The summed E-state index contributed by atoms with van der Waals surface area (Å²) in [6.07, 6.45) is 0. The van der Waals surface area contributed by atoms with Crippen LogP contribution in [-0.4, -0.2) is 22.9 Å². The first-order chi connectivity index (χ1) is 9.04. The number of benzene rings is 1. The molecule has 1 aliphatic rings. The molecular formula is C14H19N3OS. The highest BCUT2D eigenvalue weighted by molar-refractivity contribution is 8.14. The van der Waals surface area contributed by atoms with Gasteiger partial charge in [-0.3, -0.25) is 9.79 Å². The first-order valence-corrected chi connectivity index (χ1v) is 7.38. The van der Waals surface area contributed by atoms with Gasteiger partial charge in [-0.05, 0) is 24.1 Å². The summed E-state index contributed by atoms with van der Waals surface area (Å²) in [5, 5.41) is 7.03. The zero-order valence-electron chi connectivity index (χ0n) is 11.4. The van der Waals surface area contributed by atoms with Crippen LogP contribution >= 0.6 is 11.8 Å². The van der Waals surface area contributed by atoms with Crippen molar-refractivity contribution in [3.8, 4) is 0 Å². The fourth-order valence-electron chi connectivity index (χ4n) is 1.80. The number of rotatable bonds is 3. The molecule has 5 heteroatoms. The number of carbonyl (C=O) groups is 1. The third kappa shape index (κ3) is 3.99. The van der Waals surface area contributed by atoms with Crippen LogP contribution in [0, 0.1) is 5.92 Å². The molecule has 102 valence electrons. The molecule has 1 aromatic rings. The second kappa shape index (κ2) is 6.10. The van der Waals surface area contributed by atoms with Crippen LogP contribution in [0.3, 0.4) is 0 Å². The lowest BCUT2D eigenvalue weighted by Crippen LogP contribution is -2.12. The summed E-state index contributed by atoms with van der Waals surface area (Å²) in [6, 6.07) is 8.05. The van der Waals surface area contributed by atoms with Gasteiger partial charge in [0.05, 0.1) is 6.04 Å². The van der Waals surface area contributed by atoms with Crippen molar-refractivity contribution < 1.29 is 4.79 Å². The molecule has 1 aromatic carbocycles. The average molecular weight is 277 g/mol. The zero-order chi connectivity index (χ0) is 13.8. The van der Waals surface area contributed by atoms with Crippen molar-refractivity contribution in [2.75, 3.05) is 16.4 Å². The number of thioether (sulfide) groups is 1. The molecule has 0 aliphatic carbocycles. The number of hydrogen-bond acceptors (Lipinski definition) is 4. The minimum absolute atomic E-state index is 0.0652. The van der Waals surface area contributed by atoms with Gasteiger partial charge < -0.3 is 10.6 Å². The summed E-state index contributed by atoms with van der Waals surface area (Å²) in [7, 11) is 0. The topological polar surface area (TPSA) is 53.5 Å². The third-order valence-corrected chi connectivity index (χ3v) is 3.87. The smallest absolute Gasteiger partial charge is 0.221 e. The Bertz CT molecular complexity index is 499. The van der Waals surface area contributed by atoms with E-state index in [-0.39, 0.29) is 5.91 Å². The lowest BCUT2D eigenvalue weighted by molar-refractivity contribution is -0.114. The number of nitrogens with one attached hydrogen (secondary N) is 2. The molecule has 0 radical (unpaired) electrons. The van der Waals surface area contributed by atoms with E-state index in [1.807, 2.05) is 24.3 Å². The highest BCUT2D eigenvalue weighted by atomic mass is 32.2. The van der Waals surface area contributed by atoms with E-state index in [0.29, 0.717) is 12.0 Å². The van der Waals surface area contributed by atoms with Crippen LogP contribution < -0.4 is 10.6 Å². The van der Waals surface area contributed by atoms with Gasteiger partial charge >= 0.3 is 0 Å². The van der Waals surface area contributed by atoms with E-state index in [2.05, 4.69) is 29.5 Å². The van der Waals surface area contributed by atoms with Crippen LogP contribution in [0.25, 0.3) is 0 Å². The predicted octanol–water partition coefficient (Wildman–Crippen LogP) is 3.18. The van der Waals surface area contributed by atoms with E-state index in [9.17, 15) is 4.79 Å². The van der Waals surface area contributed by atoms with Gasteiger partial charge in [-0.1, -0.05) is 31.7 Å². The van der Waals surface area contributed by atoms with Gasteiger partial charge in [0.15, 0.2) is 5.17 Å². The fraction of sp³-hybridized carbons (Fsp3) is 0.429. The molecule has 4 nitrogen and oxygen atoms in total. The molecular weight excluding hydrogens is 258 g/mol. The van der Waals surface area contributed by atoms with E-state index in [4.69, 9.17) is 0 Å². The second-order valence-corrected chi connectivity index (χ2v) is 5.95. The lowest BCUT2D eigenvalue weighted by atomic mass is 10.1. The Kier molecular flexibility index (Phi) is 4.47. The maximum Gasteiger partial charge on any atom is 0.221 e. The number of nitrogens with zero attached hydrogens (tertiary/aromatic N) is 1. The summed E-state index contributed by atoms with van der Waals surface area (Å²) in [5.41, 5.74) is 1.74. The molecule has 0 aromatic heterocycles. The quantitative estimate of drug-likeness (QED) is 0.892. The maximum absolute atomic E-state index is 11.0. The summed E-state index contributed by atoms with van der Waals surface area (Å²) >= 11 is 1.74. The number of aliphatic imine (C=N–C) groups is 1. The van der Waals surface area contributed by atoms with Gasteiger partial charge in [0.25, 0.3) is 0 Å². The van der Waals surface area contributed by atoms with Crippen LogP contribution in [0.1, 0.15) is 20.8 Å². The largest absolute Gasteiger partial charge is 0.335 e. The van der Waals surface area contributed by atoms with E-state index in [1.165, 1.54) is 6.92 Å². The number of hydrogen-bond donors (Lipinski definition) is 2. The third-order valence-electron chi connectivity index (χ3n) is 2.88. The van der Waals surface area contributed by atoms with Gasteiger partial charge in [-0.25, -0.2) is 0 Å². The van der Waals surface area contributed by atoms with Crippen LogP contribution in [0.15, 0.2) is 29.3 Å². The molecule has 0 unspecified atom stereocenters. The molecule has 1 amide bonds. The Hall–Kier alpha value is -1.49. The Labute approximate surface area is 118 Å². The number of amides is 1. The van der Waals surface area contributed by atoms with Gasteiger partial charge in [0, 0.05) is 24.1 Å².